The van der Waals surface area contributed by atoms with Gasteiger partial charge in [0.1, 0.15) is 5.75 Å². The zero-order valence-electron chi connectivity index (χ0n) is 11.7. The number of aryl methyl sites for hydroxylation is 1. The van der Waals surface area contributed by atoms with Crippen LogP contribution in [0.15, 0.2) is 42.7 Å². The maximum Gasteiger partial charge on any atom is 0.174 e. The Kier molecular flexibility index (Phi) is 3.52. The third-order valence-electron chi connectivity index (χ3n) is 3.88. The summed E-state index contributed by atoms with van der Waals surface area (Å²) in [6.07, 6.45) is 4.42. The molecule has 0 fully saturated rings. The Morgan fingerprint density at radius 1 is 1.24 bits per heavy atom. The number of hydrogen-bond donors (Lipinski definition) is 0. The van der Waals surface area contributed by atoms with E-state index in [9.17, 15) is 9.59 Å². The molecule has 1 aliphatic carbocycles. The van der Waals surface area contributed by atoms with Crippen molar-refractivity contribution in [1.29, 1.82) is 0 Å². The molecule has 1 unspecified atom stereocenters. The van der Waals surface area contributed by atoms with Gasteiger partial charge in [-0.2, -0.15) is 0 Å². The van der Waals surface area contributed by atoms with Crippen molar-refractivity contribution >= 4 is 11.6 Å². The van der Waals surface area contributed by atoms with Crippen LogP contribution in [0.4, 0.5) is 0 Å². The van der Waals surface area contributed by atoms with Crippen LogP contribution in [0, 0.1) is 5.92 Å². The summed E-state index contributed by atoms with van der Waals surface area (Å²) in [5.74, 6) is -0.209. The van der Waals surface area contributed by atoms with E-state index in [1.54, 1.807) is 37.7 Å². The second kappa shape index (κ2) is 5.48. The van der Waals surface area contributed by atoms with Crippen molar-refractivity contribution in [3.63, 3.8) is 0 Å². The number of methoxy groups -OCH3 is 1. The Hall–Kier alpha value is -2.49. The first kappa shape index (κ1) is 13.5. The summed E-state index contributed by atoms with van der Waals surface area (Å²) in [5.41, 5.74) is 2.13. The number of pyridine rings is 1. The zero-order valence-corrected chi connectivity index (χ0v) is 11.7. The summed E-state index contributed by atoms with van der Waals surface area (Å²) >= 11 is 0. The number of carbonyl (C=O) groups is 2. The minimum Gasteiger partial charge on any atom is -0.497 e. The van der Waals surface area contributed by atoms with Gasteiger partial charge in [-0.1, -0.05) is 6.07 Å². The lowest BCUT2D eigenvalue weighted by Crippen LogP contribution is -2.29. The van der Waals surface area contributed by atoms with Crippen molar-refractivity contribution in [3.05, 3.63) is 59.4 Å². The van der Waals surface area contributed by atoms with E-state index in [1.807, 2.05) is 12.1 Å². The highest BCUT2D eigenvalue weighted by Gasteiger charge is 2.33. The van der Waals surface area contributed by atoms with E-state index in [1.165, 1.54) is 0 Å². The molecular weight excluding hydrogens is 266 g/mol. The monoisotopic (exact) mass is 281 g/mol. The number of nitrogens with zero attached hydrogens (tertiary/aromatic N) is 1. The number of rotatable bonds is 3. The molecule has 3 rings (SSSR count). The van der Waals surface area contributed by atoms with Crippen LogP contribution >= 0.6 is 0 Å². The largest absolute Gasteiger partial charge is 0.497 e. The predicted octanol–water partition coefficient (Wildman–Crippen LogP) is 2.72. The van der Waals surface area contributed by atoms with Gasteiger partial charge in [-0.3, -0.25) is 14.6 Å². The number of aromatic nitrogens is 1. The summed E-state index contributed by atoms with van der Waals surface area (Å²) in [7, 11) is 1.56. The molecule has 1 aliphatic rings. The normalized spacial score (nSPS) is 17.2. The van der Waals surface area contributed by atoms with Gasteiger partial charge in [-0.25, -0.2) is 0 Å². The number of ketones is 2. The smallest absolute Gasteiger partial charge is 0.174 e. The van der Waals surface area contributed by atoms with E-state index < -0.39 is 5.92 Å². The van der Waals surface area contributed by atoms with Crippen molar-refractivity contribution in [1.82, 2.24) is 4.98 Å². The lowest BCUT2D eigenvalue weighted by molar-refractivity contribution is 0.0790. The SMILES string of the molecule is COc1ccc2c(c1)C(=O)C(C(=O)c1ccncc1)CC2. The average Bonchev–Trinajstić information content (AvgIpc) is 2.55. The number of benzene rings is 1. The Morgan fingerprint density at radius 2 is 2.00 bits per heavy atom. The summed E-state index contributed by atoms with van der Waals surface area (Å²) in [6, 6.07) is 8.77. The lowest BCUT2D eigenvalue weighted by Gasteiger charge is -2.22. The number of hydrogen-bond acceptors (Lipinski definition) is 4. The van der Waals surface area contributed by atoms with Crippen LogP contribution in [0.5, 0.6) is 5.75 Å². The molecule has 1 aromatic heterocycles. The van der Waals surface area contributed by atoms with E-state index in [0.29, 0.717) is 23.3 Å². The van der Waals surface area contributed by atoms with Crippen molar-refractivity contribution in [3.8, 4) is 5.75 Å². The first-order chi connectivity index (χ1) is 10.2. The maximum atomic E-state index is 12.6. The molecule has 0 bridgehead atoms. The second-order valence-electron chi connectivity index (χ2n) is 5.08. The third-order valence-corrected chi connectivity index (χ3v) is 3.88. The Balaban J connectivity index is 1.93. The molecule has 0 amide bonds. The van der Waals surface area contributed by atoms with Crippen molar-refractivity contribution < 1.29 is 14.3 Å². The van der Waals surface area contributed by atoms with Gasteiger partial charge < -0.3 is 4.74 Å². The van der Waals surface area contributed by atoms with Gasteiger partial charge >= 0.3 is 0 Å². The van der Waals surface area contributed by atoms with Crippen LogP contribution in [0.3, 0.4) is 0 Å². The van der Waals surface area contributed by atoms with Crippen LogP contribution in [0.2, 0.25) is 0 Å². The summed E-state index contributed by atoms with van der Waals surface area (Å²) in [6.45, 7) is 0. The minimum atomic E-state index is -0.605. The van der Waals surface area contributed by atoms with E-state index >= 15 is 0 Å². The maximum absolute atomic E-state index is 12.6. The number of Topliss-reactive ketones (excluding diaryl/α,β-unsaturated/α-hetero) is 2. The Bertz CT molecular complexity index is 694. The molecule has 4 heteroatoms. The molecular formula is C17H15NO3. The highest BCUT2D eigenvalue weighted by molar-refractivity contribution is 6.17. The quantitative estimate of drug-likeness (QED) is 0.641. The molecule has 1 heterocycles. The molecule has 0 aliphatic heterocycles. The van der Waals surface area contributed by atoms with Gasteiger partial charge in [0, 0.05) is 23.5 Å². The summed E-state index contributed by atoms with van der Waals surface area (Å²) in [4.78, 5) is 29.0. The molecule has 1 atom stereocenters. The second-order valence-corrected chi connectivity index (χ2v) is 5.08. The highest BCUT2D eigenvalue weighted by atomic mass is 16.5. The standard InChI is InChI=1S/C17H15NO3/c1-21-13-4-2-11-3-5-14(17(20)15(11)10-13)16(19)12-6-8-18-9-7-12/h2,4,6-10,14H,3,5H2,1H3. The molecule has 0 saturated carbocycles. The molecule has 4 nitrogen and oxygen atoms in total. The van der Waals surface area contributed by atoms with Crippen molar-refractivity contribution in [2.24, 2.45) is 5.92 Å². The van der Waals surface area contributed by atoms with Crippen LogP contribution in [0.1, 0.15) is 32.7 Å². The van der Waals surface area contributed by atoms with Gasteiger partial charge in [0.15, 0.2) is 11.6 Å². The zero-order chi connectivity index (χ0) is 14.8. The Labute approximate surface area is 122 Å². The number of carbonyl (C=O) groups excluding carboxylic acids is 2. The summed E-state index contributed by atoms with van der Waals surface area (Å²) < 4.78 is 5.16. The van der Waals surface area contributed by atoms with Crippen LogP contribution < -0.4 is 4.74 Å². The minimum absolute atomic E-state index is 0.114. The molecule has 1 aromatic carbocycles. The van der Waals surface area contributed by atoms with E-state index in [2.05, 4.69) is 4.98 Å². The fourth-order valence-electron chi connectivity index (χ4n) is 2.72. The predicted molar refractivity (Wildman–Crippen MR) is 77.7 cm³/mol. The third kappa shape index (κ3) is 2.44. The highest BCUT2D eigenvalue weighted by Crippen LogP contribution is 2.30. The van der Waals surface area contributed by atoms with Crippen molar-refractivity contribution in [2.45, 2.75) is 12.8 Å². The molecule has 0 saturated heterocycles. The van der Waals surface area contributed by atoms with Gasteiger partial charge in [-0.05, 0) is 42.7 Å². The van der Waals surface area contributed by atoms with Crippen LogP contribution in [-0.2, 0) is 6.42 Å². The molecule has 21 heavy (non-hydrogen) atoms. The molecule has 2 aromatic rings. The van der Waals surface area contributed by atoms with E-state index in [4.69, 9.17) is 4.74 Å². The van der Waals surface area contributed by atoms with Gasteiger partial charge in [0.25, 0.3) is 0 Å². The average molecular weight is 281 g/mol. The first-order valence-electron chi connectivity index (χ1n) is 6.86. The first-order valence-corrected chi connectivity index (χ1v) is 6.86. The van der Waals surface area contributed by atoms with E-state index in [0.717, 1.165) is 12.0 Å². The van der Waals surface area contributed by atoms with Crippen molar-refractivity contribution in [2.75, 3.05) is 7.11 Å². The molecule has 0 N–H and O–H groups in total. The summed E-state index contributed by atoms with van der Waals surface area (Å²) in [5, 5.41) is 0. The number of ether oxygens (including phenoxy) is 1. The van der Waals surface area contributed by atoms with Crippen LogP contribution in [0.25, 0.3) is 0 Å². The van der Waals surface area contributed by atoms with Crippen LogP contribution in [-0.4, -0.2) is 23.7 Å². The number of fused-ring (bicyclic) bond motifs is 1. The Morgan fingerprint density at radius 3 is 2.71 bits per heavy atom. The molecule has 106 valence electrons. The fourth-order valence-corrected chi connectivity index (χ4v) is 2.72. The van der Waals surface area contributed by atoms with E-state index in [-0.39, 0.29) is 11.6 Å². The topological polar surface area (TPSA) is 56.3 Å². The van der Waals surface area contributed by atoms with Gasteiger partial charge in [0.05, 0.1) is 13.0 Å². The molecule has 0 spiro atoms. The molecule has 0 radical (unpaired) electrons. The lowest BCUT2D eigenvalue weighted by atomic mass is 9.79. The van der Waals surface area contributed by atoms with Gasteiger partial charge in [0.2, 0.25) is 0 Å². The van der Waals surface area contributed by atoms with Gasteiger partial charge in [-0.15, -0.1) is 0 Å². The fraction of sp³-hybridized carbons (Fsp3) is 0.235.